The van der Waals surface area contributed by atoms with Crippen LogP contribution in [0.15, 0.2) is 34.1 Å². The normalized spacial score (nSPS) is 15.2. The van der Waals surface area contributed by atoms with Gasteiger partial charge in [-0.2, -0.15) is 0 Å². The van der Waals surface area contributed by atoms with Gasteiger partial charge in [-0.15, -0.1) is 11.3 Å². The summed E-state index contributed by atoms with van der Waals surface area (Å²) < 4.78 is 6.41. The van der Waals surface area contributed by atoms with Gasteiger partial charge in [0, 0.05) is 34.5 Å². The number of carbonyl (C=O) groups is 2. The molecule has 1 N–H and O–H groups in total. The van der Waals surface area contributed by atoms with Crippen molar-refractivity contribution in [3.8, 4) is 10.6 Å². The second-order valence-electron chi connectivity index (χ2n) is 8.14. The molecular weight excluding hydrogens is 454 g/mol. The number of hydrogen-bond acceptors (Lipinski definition) is 5. The molecule has 0 aliphatic carbocycles. The highest BCUT2D eigenvalue weighted by Crippen LogP contribution is 2.26. The molecule has 2 heterocycles. The van der Waals surface area contributed by atoms with E-state index in [2.05, 4.69) is 26.2 Å². The molecule has 1 aromatic heterocycles. The third kappa shape index (κ3) is 6.54. The van der Waals surface area contributed by atoms with Crippen LogP contribution in [0.4, 0.5) is 4.79 Å². The number of thiazole rings is 1. The fourth-order valence-electron chi connectivity index (χ4n) is 3.12. The van der Waals surface area contributed by atoms with Crippen LogP contribution in [0, 0.1) is 0 Å². The molecule has 8 heteroatoms. The Labute approximate surface area is 183 Å². The first-order chi connectivity index (χ1) is 13.7. The Morgan fingerprint density at radius 2 is 2.03 bits per heavy atom. The van der Waals surface area contributed by atoms with Crippen LogP contribution in [0.1, 0.15) is 39.3 Å². The smallest absolute Gasteiger partial charge is 0.410 e. The zero-order chi connectivity index (χ0) is 21.0. The summed E-state index contributed by atoms with van der Waals surface area (Å²) in [6, 6.07) is 8.04. The lowest BCUT2D eigenvalue weighted by Gasteiger charge is -2.33. The molecule has 0 radical (unpaired) electrons. The lowest BCUT2D eigenvalue weighted by Crippen LogP contribution is -2.48. The highest BCUT2D eigenvalue weighted by Gasteiger charge is 2.27. The number of likely N-dealkylation sites (tertiary alicyclic amines) is 1. The maximum atomic E-state index is 12.4. The van der Waals surface area contributed by atoms with E-state index in [-0.39, 0.29) is 24.5 Å². The van der Waals surface area contributed by atoms with E-state index in [0.29, 0.717) is 13.1 Å². The molecule has 2 aromatic rings. The summed E-state index contributed by atoms with van der Waals surface area (Å²) in [7, 11) is 0. The van der Waals surface area contributed by atoms with Gasteiger partial charge in [0.05, 0.1) is 12.1 Å². The van der Waals surface area contributed by atoms with E-state index in [4.69, 9.17) is 4.74 Å². The number of benzene rings is 1. The van der Waals surface area contributed by atoms with Gasteiger partial charge in [-0.1, -0.05) is 28.1 Å². The standard InChI is InChI=1S/C21H26BrN3O3S/c1-21(2,3)28-20(27)25-9-7-16(8-10-25)23-18(26)12-17-13-29-19(24-17)14-5-4-6-15(22)11-14/h4-6,11,13,16H,7-10,12H2,1-3H3,(H,23,26). The van der Waals surface area contributed by atoms with E-state index < -0.39 is 5.60 Å². The Morgan fingerprint density at radius 3 is 2.69 bits per heavy atom. The molecule has 2 amide bonds. The summed E-state index contributed by atoms with van der Waals surface area (Å²) in [4.78, 5) is 30.9. The number of carbonyl (C=O) groups excluding carboxylic acids is 2. The number of hydrogen-bond donors (Lipinski definition) is 1. The van der Waals surface area contributed by atoms with Crippen molar-refractivity contribution in [1.82, 2.24) is 15.2 Å². The van der Waals surface area contributed by atoms with Gasteiger partial charge in [0.25, 0.3) is 0 Å². The fourth-order valence-corrected chi connectivity index (χ4v) is 4.33. The van der Waals surface area contributed by atoms with Crippen LogP contribution < -0.4 is 5.32 Å². The zero-order valence-corrected chi connectivity index (χ0v) is 19.3. The van der Waals surface area contributed by atoms with E-state index >= 15 is 0 Å². The quantitative estimate of drug-likeness (QED) is 0.693. The summed E-state index contributed by atoms with van der Waals surface area (Å²) in [5.74, 6) is -0.0354. The van der Waals surface area contributed by atoms with Gasteiger partial charge in [-0.25, -0.2) is 9.78 Å². The van der Waals surface area contributed by atoms with Crippen LogP contribution in [0.3, 0.4) is 0 Å². The fraction of sp³-hybridized carbons (Fsp3) is 0.476. The van der Waals surface area contributed by atoms with Gasteiger partial charge in [0.1, 0.15) is 10.6 Å². The van der Waals surface area contributed by atoms with E-state index in [1.807, 2.05) is 50.4 Å². The van der Waals surface area contributed by atoms with Crippen molar-refractivity contribution in [3.05, 3.63) is 39.8 Å². The average Bonchev–Trinajstić information content (AvgIpc) is 3.09. The Hall–Kier alpha value is -1.93. The van der Waals surface area contributed by atoms with Gasteiger partial charge < -0.3 is 15.0 Å². The number of rotatable bonds is 4. The summed E-state index contributed by atoms with van der Waals surface area (Å²) >= 11 is 5.01. The number of halogens is 1. The van der Waals surface area contributed by atoms with Gasteiger partial charge in [-0.05, 0) is 45.7 Å². The van der Waals surface area contributed by atoms with Crippen molar-refractivity contribution in [3.63, 3.8) is 0 Å². The molecule has 6 nitrogen and oxygen atoms in total. The summed E-state index contributed by atoms with van der Waals surface area (Å²) in [5, 5.41) is 5.91. The predicted octanol–water partition coefficient (Wildman–Crippen LogP) is 4.63. The lowest BCUT2D eigenvalue weighted by molar-refractivity contribution is -0.121. The third-order valence-electron chi connectivity index (χ3n) is 4.48. The summed E-state index contributed by atoms with van der Waals surface area (Å²) in [5.41, 5.74) is 1.31. The van der Waals surface area contributed by atoms with Gasteiger partial charge in [-0.3, -0.25) is 4.79 Å². The lowest BCUT2D eigenvalue weighted by atomic mass is 10.1. The SMILES string of the molecule is CC(C)(C)OC(=O)N1CCC(NC(=O)Cc2csc(-c3cccc(Br)c3)n2)CC1. The van der Waals surface area contributed by atoms with Crippen molar-refractivity contribution in [1.29, 1.82) is 0 Å². The number of piperidine rings is 1. The Bertz CT molecular complexity index is 870. The van der Waals surface area contributed by atoms with E-state index in [0.717, 1.165) is 33.6 Å². The zero-order valence-electron chi connectivity index (χ0n) is 16.9. The molecule has 1 aromatic carbocycles. The number of ether oxygens (including phenoxy) is 1. The first-order valence-electron chi connectivity index (χ1n) is 9.67. The van der Waals surface area contributed by atoms with Crippen molar-refractivity contribution in [2.75, 3.05) is 13.1 Å². The number of nitrogens with zero attached hydrogens (tertiary/aromatic N) is 2. The van der Waals surface area contributed by atoms with Crippen molar-refractivity contribution in [2.24, 2.45) is 0 Å². The van der Waals surface area contributed by atoms with Gasteiger partial charge in [0.15, 0.2) is 0 Å². The Balaban J connectivity index is 1.47. The largest absolute Gasteiger partial charge is 0.444 e. The highest BCUT2D eigenvalue weighted by atomic mass is 79.9. The average molecular weight is 480 g/mol. The van der Waals surface area contributed by atoms with Crippen LogP contribution in [0.5, 0.6) is 0 Å². The molecular formula is C21H26BrN3O3S. The van der Waals surface area contributed by atoms with Crippen LogP contribution in [0.2, 0.25) is 0 Å². The van der Waals surface area contributed by atoms with Gasteiger partial charge in [0.2, 0.25) is 5.91 Å². The van der Waals surface area contributed by atoms with Gasteiger partial charge >= 0.3 is 6.09 Å². The third-order valence-corrected chi connectivity index (χ3v) is 5.91. The molecule has 0 spiro atoms. The first kappa shape index (κ1) is 21.8. The summed E-state index contributed by atoms with van der Waals surface area (Å²) in [6.45, 7) is 6.75. The van der Waals surface area contributed by atoms with Crippen LogP contribution >= 0.6 is 27.3 Å². The Morgan fingerprint density at radius 1 is 1.31 bits per heavy atom. The Kier molecular flexibility index (Phi) is 6.95. The topological polar surface area (TPSA) is 71.5 Å². The molecule has 0 unspecified atom stereocenters. The van der Waals surface area contributed by atoms with Crippen LogP contribution in [-0.4, -0.2) is 46.6 Å². The number of nitrogens with one attached hydrogen (secondary N) is 1. The number of aromatic nitrogens is 1. The van der Waals surface area contributed by atoms with Crippen LogP contribution in [0.25, 0.3) is 10.6 Å². The summed E-state index contributed by atoms with van der Waals surface area (Å²) in [6.07, 6.45) is 1.43. The molecule has 1 fully saturated rings. The molecule has 1 aliphatic rings. The molecule has 29 heavy (non-hydrogen) atoms. The monoisotopic (exact) mass is 479 g/mol. The minimum atomic E-state index is -0.496. The molecule has 0 bridgehead atoms. The molecule has 3 rings (SSSR count). The molecule has 156 valence electrons. The van der Waals surface area contributed by atoms with Crippen LogP contribution in [-0.2, 0) is 16.0 Å². The molecule has 1 aliphatic heterocycles. The minimum Gasteiger partial charge on any atom is -0.444 e. The van der Waals surface area contributed by atoms with E-state index in [1.165, 1.54) is 11.3 Å². The van der Waals surface area contributed by atoms with Crippen molar-refractivity contribution < 1.29 is 14.3 Å². The number of amides is 2. The first-order valence-corrected chi connectivity index (χ1v) is 11.3. The van der Waals surface area contributed by atoms with Crippen molar-refractivity contribution in [2.45, 2.75) is 51.7 Å². The predicted molar refractivity (Wildman–Crippen MR) is 118 cm³/mol. The maximum Gasteiger partial charge on any atom is 0.410 e. The second kappa shape index (κ2) is 9.26. The highest BCUT2D eigenvalue weighted by molar-refractivity contribution is 9.10. The van der Waals surface area contributed by atoms with Crippen molar-refractivity contribution >= 4 is 39.3 Å². The minimum absolute atomic E-state index is 0.0354. The van der Waals surface area contributed by atoms with E-state index in [1.54, 1.807) is 4.90 Å². The van der Waals surface area contributed by atoms with E-state index in [9.17, 15) is 9.59 Å². The molecule has 0 atom stereocenters. The second-order valence-corrected chi connectivity index (χ2v) is 9.91. The molecule has 0 saturated carbocycles. The maximum absolute atomic E-state index is 12.4. The molecule has 1 saturated heterocycles.